The van der Waals surface area contributed by atoms with Crippen LogP contribution in [0.5, 0.6) is 5.75 Å². The van der Waals surface area contributed by atoms with Crippen LogP contribution in [0.3, 0.4) is 0 Å². The van der Waals surface area contributed by atoms with Crippen molar-refractivity contribution in [1.82, 2.24) is 5.32 Å². The predicted octanol–water partition coefficient (Wildman–Crippen LogP) is 4.20. The molecule has 1 atom stereocenters. The zero-order valence-corrected chi connectivity index (χ0v) is 14.4. The van der Waals surface area contributed by atoms with Gasteiger partial charge in [0.1, 0.15) is 5.75 Å². The normalized spacial score (nSPS) is 11.7. The fourth-order valence-electron chi connectivity index (χ4n) is 2.34. The third-order valence-electron chi connectivity index (χ3n) is 3.57. The van der Waals surface area contributed by atoms with Gasteiger partial charge in [-0.2, -0.15) is 11.8 Å². The average Bonchev–Trinajstić information content (AvgIpc) is 2.59. The van der Waals surface area contributed by atoms with Gasteiger partial charge in [0.25, 0.3) is 0 Å². The molecule has 1 amide bonds. The lowest BCUT2D eigenvalue weighted by Gasteiger charge is -2.17. The van der Waals surface area contributed by atoms with E-state index in [4.69, 9.17) is 4.74 Å². The molecule has 0 saturated carbocycles. The van der Waals surface area contributed by atoms with Gasteiger partial charge in [0.2, 0.25) is 5.91 Å². The van der Waals surface area contributed by atoms with Gasteiger partial charge in [-0.15, -0.1) is 0 Å². The van der Waals surface area contributed by atoms with Gasteiger partial charge in [0.05, 0.1) is 13.2 Å². The minimum Gasteiger partial charge on any atom is -0.496 e. The van der Waals surface area contributed by atoms with Crippen LogP contribution in [0.1, 0.15) is 30.5 Å². The number of carbonyl (C=O) groups is 1. The Balaban J connectivity index is 1.74. The Labute approximate surface area is 142 Å². The van der Waals surface area contributed by atoms with Crippen molar-refractivity contribution in [1.29, 1.82) is 0 Å². The van der Waals surface area contributed by atoms with Crippen molar-refractivity contribution in [3.63, 3.8) is 0 Å². The van der Waals surface area contributed by atoms with Crippen LogP contribution in [0.2, 0.25) is 0 Å². The molecule has 0 aliphatic carbocycles. The van der Waals surface area contributed by atoms with Gasteiger partial charge in [-0.3, -0.25) is 4.79 Å². The summed E-state index contributed by atoms with van der Waals surface area (Å²) in [6.07, 6.45) is 0.525. The topological polar surface area (TPSA) is 38.3 Å². The number of thioether (sulfide) groups is 1. The van der Waals surface area contributed by atoms with E-state index in [9.17, 15) is 4.79 Å². The van der Waals surface area contributed by atoms with Crippen LogP contribution in [0, 0.1) is 0 Å². The molecule has 0 bridgehead atoms. The van der Waals surface area contributed by atoms with Gasteiger partial charge in [0.15, 0.2) is 0 Å². The second-order valence-electron chi connectivity index (χ2n) is 5.32. The molecule has 0 spiro atoms. The van der Waals surface area contributed by atoms with Crippen LogP contribution in [0.15, 0.2) is 54.6 Å². The zero-order valence-electron chi connectivity index (χ0n) is 13.6. The Hall–Kier alpha value is -1.94. The Morgan fingerprint density at radius 2 is 1.83 bits per heavy atom. The molecule has 1 N–H and O–H groups in total. The van der Waals surface area contributed by atoms with E-state index in [0.29, 0.717) is 6.42 Å². The maximum atomic E-state index is 12.1. The fourth-order valence-corrected chi connectivity index (χ4v) is 3.25. The lowest BCUT2D eigenvalue weighted by molar-refractivity contribution is -0.121. The van der Waals surface area contributed by atoms with Gasteiger partial charge < -0.3 is 10.1 Å². The molecule has 2 aromatic rings. The van der Waals surface area contributed by atoms with Gasteiger partial charge >= 0.3 is 0 Å². The van der Waals surface area contributed by atoms with Crippen LogP contribution < -0.4 is 10.1 Å². The van der Waals surface area contributed by atoms with Crippen molar-refractivity contribution >= 4 is 17.7 Å². The summed E-state index contributed by atoms with van der Waals surface area (Å²) in [4.78, 5) is 12.1. The van der Waals surface area contributed by atoms with Crippen LogP contribution >= 0.6 is 11.8 Å². The smallest absolute Gasteiger partial charge is 0.221 e. The first-order valence-electron chi connectivity index (χ1n) is 7.74. The average molecular weight is 329 g/mol. The summed E-state index contributed by atoms with van der Waals surface area (Å²) in [6, 6.07) is 18.0. The summed E-state index contributed by atoms with van der Waals surface area (Å²) >= 11 is 1.78. The number of methoxy groups -OCH3 is 1. The Kier molecular flexibility index (Phi) is 7.01. The molecule has 4 heteroatoms. The van der Waals surface area contributed by atoms with Gasteiger partial charge in [0, 0.05) is 23.5 Å². The van der Waals surface area contributed by atoms with Gasteiger partial charge in [-0.05, 0) is 18.6 Å². The Bertz CT molecular complexity index is 616. The van der Waals surface area contributed by atoms with E-state index in [0.717, 1.165) is 22.8 Å². The molecule has 0 radical (unpaired) electrons. The Morgan fingerprint density at radius 1 is 1.13 bits per heavy atom. The van der Waals surface area contributed by atoms with Crippen molar-refractivity contribution in [2.45, 2.75) is 25.1 Å². The first-order valence-corrected chi connectivity index (χ1v) is 8.90. The second kappa shape index (κ2) is 9.26. The number of hydrogen-bond donors (Lipinski definition) is 1. The molecular formula is C19H23NO2S. The quantitative estimate of drug-likeness (QED) is 0.738. The lowest BCUT2D eigenvalue weighted by atomic mass is 10.1. The number of nitrogens with one attached hydrogen (secondary N) is 1. The minimum atomic E-state index is -0.0576. The van der Waals surface area contributed by atoms with Crippen LogP contribution in [-0.4, -0.2) is 18.8 Å². The number of amides is 1. The largest absolute Gasteiger partial charge is 0.496 e. The fraction of sp³-hybridized carbons (Fsp3) is 0.316. The van der Waals surface area contributed by atoms with E-state index in [1.807, 2.05) is 49.4 Å². The second-order valence-corrected chi connectivity index (χ2v) is 6.42. The van der Waals surface area contributed by atoms with Crippen molar-refractivity contribution < 1.29 is 9.53 Å². The zero-order chi connectivity index (χ0) is 16.5. The molecule has 2 rings (SSSR count). The summed E-state index contributed by atoms with van der Waals surface area (Å²) in [6.45, 7) is 1.98. The summed E-state index contributed by atoms with van der Waals surface area (Å²) in [5.41, 5.74) is 2.29. The number of ether oxygens (including phenoxy) is 1. The molecular weight excluding hydrogens is 306 g/mol. The van der Waals surface area contributed by atoms with Crippen LogP contribution in [-0.2, 0) is 10.5 Å². The third-order valence-corrected chi connectivity index (χ3v) is 4.60. The molecule has 0 aliphatic heterocycles. The van der Waals surface area contributed by atoms with E-state index in [-0.39, 0.29) is 11.9 Å². The SMILES string of the molecule is COc1ccccc1C(C)NC(=O)CCSCc1ccccc1. The monoisotopic (exact) mass is 329 g/mol. The highest BCUT2D eigenvalue weighted by atomic mass is 32.2. The van der Waals surface area contributed by atoms with Crippen molar-refractivity contribution in [3.05, 3.63) is 65.7 Å². The van der Waals surface area contributed by atoms with E-state index >= 15 is 0 Å². The molecule has 122 valence electrons. The first kappa shape index (κ1) is 17.4. The highest BCUT2D eigenvalue weighted by Crippen LogP contribution is 2.24. The summed E-state index contributed by atoms with van der Waals surface area (Å²) in [5, 5.41) is 3.04. The minimum absolute atomic E-state index is 0.0576. The summed E-state index contributed by atoms with van der Waals surface area (Å²) in [5.74, 6) is 2.64. The van der Waals surface area contributed by atoms with Crippen LogP contribution in [0.25, 0.3) is 0 Å². The molecule has 0 aromatic heterocycles. The number of para-hydroxylation sites is 1. The van der Waals surface area contributed by atoms with Crippen LogP contribution in [0.4, 0.5) is 0 Å². The predicted molar refractivity (Wildman–Crippen MR) is 96.8 cm³/mol. The molecule has 0 aliphatic rings. The molecule has 0 saturated heterocycles. The summed E-state index contributed by atoms with van der Waals surface area (Å²) in [7, 11) is 1.65. The number of benzene rings is 2. The standard InChI is InChI=1S/C19H23NO2S/c1-15(17-10-6-7-11-18(17)22-2)20-19(21)12-13-23-14-16-8-4-3-5-9-16/h3-11,15H,12-14H2,1-2H3,(H,20,21). The van der Waals surface area contributed by atoms with Crippen molar-refractivity contribution in [3.8, 4) is 5.75 Å². The van der Waals surface area contributed by atoms with Gasteiger partial charge in [-0.25, -0.2) is 0 Å². The maximum Gasteiger partial charge on any atom is 0.221 e. The number of rotatable bonds is 8. The van der Waals surface area contributed by atoms with Gasteiger partial charge in [-0.1, -0.05) is 48.5 Å². The van der Waals surface area contributed by atoms with E-state index in [2.05, 4.69) is 17.4 Å². The molecule has 0 fully saturated rings. The number of hydrogen-bond acceptors (Lipinski definition) is 3. The number of carbonyl (C=O) groups excluding carboxylic acids is 1. The lowest BCUT2D eigenvalue weighted by Crippen LogP contribution is -2.27. The van der Waals surface area contributed by atoms with Crippen molar-refractivity contribution in [2.24, 2.45) is 0 Å². The molecule has 1 unspecified atom stereocenters. The van der Waals surface area contributed by atoms with Crippen molar-refractivity contribution in [2.75, 3.05) is 12.9 Å². The molecule has 3 nitrogen and oxygen atoms in total. The third kappa shape index (κ3) is 5.64. The molecule has 23 heavy (non-hydrogen) atoms. The Morgan fingerprint density at radius 3 is 2.57 bits per heavy atom. The maximum absolute atomic E-state index is 12.1. The molecule has 0 heterocycles. The highest BCUT2D eigenvalue weighted by molar-refractivity contribution is 7.98. The highest BCUT2D eigenvalue weighted by Gasteiger charge is 2.13. The van der Waals surface area contributed by atoms with E-state index < -0.39 is 0 Å². The van der Waals surface area contributed by atoms with E-state index in [1.54, 1.807) is 18.9 Å². The molecule has 2 aromatic carbocycles. The van der Waals surface area contributed by atoms with E-state index in [1.165, 1.54) is 5.56 Å². The first-order chi connectivity index (χ1) is 11.2. The summed E-state index contributed by atoms with van der Waals surface area (Å²) < 4.78 is 5.34.